The Morgan fingerprint density at radius 1 is 1.67 bits per heavy atom. The number of nitrogens with zero attached hydrogens (tertiary/aromatic N) is 2. The molecule has 12 heavy (non-hydrogen) atoms. The summed E-state index contributed by atoms with van der Waals surface area (Å²) in [5, 5.41) is 4.01. The molecule has 1 rings (SSSR count). The quantitative estimate of drug-likeness (QED) is 0.766. The minimum Gasteiger partial charge on any atom is -0.345 e. The molecular weight excluding hydrogens is 236 g/mol. The third-order valence-electron chi connectivity index (χ3n) is 1.94. The van der Waals surface area contributed by atoms with E-state index in [1.54, 1.807) is 11.3 Å². The van der Waals surface area contributed by atoms with Crippen molar-refractivity contribution in [2.24, 2.45) is 0 Å². The second-order valence-corrected chi connectivity index (χ2v) is 4.75. The monoisotopic (exact) mass is 248 g/mol. The van der Waals surface area contributed by atoms with Crippen LogP contribution in [-0.2, 0) is 0 Å². The fourth-order valence-corrected chi connectivity index (χ4v) is 1.88. The van der Waals surface area contributed by atoms with Crippen LogP contribution >= 0.6 is 27.3 Å². The summed E-state index contributed by atoms with van der Waals surface area (Å²) >= 11 is 5.16. The van der Waals surface area contributed by atoms with Gasteiger partial charge >= 0.3 is 0 Å². The van der Waals surface area contributed by atoms with Crippen LogP contribution in [0.2, 0.25) is 0 Å². The summed E-state index contributed by atoms with van der Waals surface area (Å²) in [6, 6.07) is 0. The van der Waals surface area contributed by atoms with Gasteiger partial charge in [-0.2, -0.15) is 0 Å². The van der Waals surface area contributed by atoms with Gasteiger partial charge in [0.05, 0.1) is 0 Å². The Morgan fingerprint density at radius 3 is 2.75 bits per heavy atom. The lowest BCUT2D eigenvalue weighted by molar-refractivity contribution is 0.551. The van der Waals surface area contributed by atoms with Gasteiger partial charge < -0.3 is 4.90 Å². The summed E-state index contributed by atoms with van der Waals surface area (Å²) in [6.07, 6.45) is 1.83. The van der Waals surface area contributed by atoms with Gasteiger partial charge in [0.15, 0.2) is 5.13 Å². The first-order chi connectivity index (χ1) is 5.58. The Balaban J connectivity index is 2.78. The van der Waals surface area contributed by atoms with Gasteiger partial charge in [-0.05, 0) is 13.8 Å². The van der Waals surface area contributed by atoms with E-state index in [9.17, 15) is 0 Å². The number of anilines is 1. The lowest BCUT2D eigenvalue weighted by atomic mass is 10.1. The number of rotatable bonds is 3. The van der Waals surface area contributed by atoms with Crippen LogP contribution in [0.25, 0.3) is 0 Å². The van der Waals surface area contributed by atoms with Crippen LogP contribution in [0.3, 0.4) is 0 Å². The molecule has 1 aromatic heterocycles. The molecule has 0 unspecified atom stereocenters. The van der Waals surface area contributed by atoms with E-state index >= 15 is 0 Å². The highest BCUT2D eigenvalue weighted by Crippen LogP contribution is 2.25. The molecular formula is C8H13BrN2S. The minimum absolute atomic E-state index is 0.123. The van der Waals surface area contributed by atoms with Crippen molar-refractivity contribution in [2.75, 3.05) is 17.3 Å². The van der Waals surface area contributed by atoms with E-state index in [4.69, 9.17) is 0 Å². The van der Waals surface area contributed by atoms with Crippen LogP contribution in [0, 0.1) is 0 Å². The Labute approximate surface area is 85.7 Å². The van der Waals surface area contributed by atoms with Gasteiger partial charge in [-0.3, -0.25) is 0 Å². The third-order valence-corrected chi connectivity index (χ3v) is 4.16. The second-order valence-electron chi connectivity index (χ2n) is 3.32. The molecule has 0 atom stereocenters. The van der Waals surface area contributed by atoms with Gasteiger partial charge in [0.1, 0.15) is 0 Å². The van der Waals surface area contributed by atoms with Gasteiger partial charge in [0.2, 0.25) is 0 Å². The zero-order chi connectivity index (χ0) is 9.19. The predicted octanol–water partition coefficient (Wildman–Crippen LogP) is 2.75. The first-order valence-corrected chi connectivity index (χ1v) is 5.77. The summed E-state index contributed by atoms with van der Waals surface area (Å²) in [5.74, 6) is 0. The van der Waals surface area contributed by atoms with E-state index < -0.39 is 0 Å². The lowest BCUT2D eigenvalue weighted by Crippen LogP contribution is -2.42. The molecule has 0 saturated carbocycles. The number of halogens is 1. The molecule has 0 bridgehead atoms. The molecule has 0 fully saturated rings. The number of hydrogen-bond donors (Lipinski definition) is 0. The standard InChI is InChI=1S/C8H13BrN2S/c1-8(2,6-9)11(3)7-10-4-5-12-7/h4-5H,6H2,1-3H3. The Hall–Kier alpha value is -0.0900. The zero-order valence-corrected chi connectivity index (χ0v) is 9.94. The van der Waals surface area contributed by atoms with Gasteiger partial charge in [-0.25, -0.2) is 4.98 Å². The molecule has 4 heteroatoms. The average molecular weight is 249 g/mol. The lowest BCUT2D eigenvalue weighted by Gasteiger charge is -2.33. The van der Waals surface area contributed by atoms with E-state index in [2.05, 4.69) is 46.7 Å². The zero-order valence-electron chi connectivity index (χ0n) is 7.54. The maximum atomic E-state index is 4.25. The van der Waals surface area contributed by atoms with E-state index in [0.29, 0.717) is 0 Å². The summed E-state index contributed by atoms with van der Waals surface area (Å²) in [7, 11) is 2.07. The van der Waals surface area contributed by atoms with Gasteiger partial charge in [-0.1, -0.05) is 15.9 Å². The van der Waals surface area contributed by atoms with E-state index in [-0.39, 0.29) is 5.54 Å². The van der Waals surface area contributed by atoms with Crippen LogP contribution < -0.4 is 4.90 Å². The Kier molecular flexibility index (Phi) is 3.12. The molecule has 0 aromatic carbocycles. The van der Waals surface area contributed by atoms with Gasteiger partial charge in [0.25, 0.3) is 0 Å². The van der Waals surface area contributed by atoms with Crippen molar-refractivity contribution in [3.05, 3.63) is 11.6 Å². The Bertz CT molecular complexity index is 233. The largest absolute Gasteiger partial charge is 0.345 e. The minimum atomic E-state index is 0.123. The van der Waals surface area contributed by atoms with Gasteiger partial charge in [-0.15, -0.1) is 11.3 Å². The first kappa shape index (κ1) is 9.99. The van der Waals surface area contributed by atoms with Crippen LogP contribution in [0.1, 0.15) is 13.8 Å². The van der Waals surface area contributed by atoms with Crippen molar-refractivity contribution in [2.45, 2.75) is 19.4 Å². The molecule has 0 aliphatic heterocycles. The predicted molar refractivity (Wildman–Crippen MR) is 58.4 cm³/mol. The molecule has 0 amide bonds. The van der Waals surface area contributed by atoms with Crippen LogP contribution in [-0.4, -0.2) is 22.9 Å². The topological polar surface area (TPSA) is 16.1 Å². The molecule has 1 aromatic rings. The molecule has 1 heterocycles. The number of hydrogen-bond acceptors (Lipinski definition) is 3. The molecule has 0 saturated heterocycles. The highest BCUT2D eigenvalue weighted by atomic mass is 79.9. The maximum Gasteiger partial charge on any atom is 0.185 e. The van der Waals surface area contributed by atoms with E-state index in [0.717, 1.165) is 10.5 Å². The number of aromatic nitrogens is 1. The van der Waals surface area contributed by atoms with E-state index in [1.807, 2.05) is 11.6 Å². The smallest absolute Gasteiger partial charge is 0.185 e. The van der Waals surface area contributed by atoms with E-state index in [1.165, 1.54) is 0 Å². The van der Waals surface area contributed by atoms with Crippen molar-refractivity contribution in [1.82, 2.24) is 4.98 Å². The van der Waals surface area contributed by atoms with Crippen molar-refractivity contribution >= 4 is 32.4 Å². The summed E-state index contributed by atoms with van der Waals surface area (Å²) in [4.78, 5) is 6.44. The van der Waals surface area contributed by atoms with Crippen LogP contribution in [0.4, 0.5) is 5.13 Å². The fraction of sp³-hybridized carbons (Fsp3) is 0.625. The van der Waals surface area contributed by atoms with Crippen molar-refractivity contribution < 1.29 is 0 Å². The molecule has 0 aliphatic carbocycles. The number of alkyl halides is 1. The molecule has 0 spiro atoms. The fourth-order valence-electron chi connectivity index (χ4n) is 0.730. The maximum absolute atomic E-state index is 4.25. The highest BCUT2D eigenvalue weighted by Gasteiger charge is 2.23. The molecule has 0 aliphatic rings. The third kappa shape index (κ3) is 1.98. The highest BCUT2D eigenvalue weighted by molar-refractivity contribution is 9.09. The summed E-state index contributed by atoms with van der Waals surface area (Å²) < 4.78 is 0. The van der Waals surface area contributed by atoms with Crippen molar-refractivity contribution in [3.8, 4) is 0 Å². The second kappa shape index (κ2) is 3.75. The van der Waals surface area contributed by atoms with Crippen LogP contribution in [0.15, 0.2) is 11.6 Å². The van der Waals surface area contributed by atoms with Crippen LogP contribution in [0.5, 0.6) is 0 Å². The summed E-state index contributed by atoms with van der Waals surface area (Å²) in [5.41, 5.74) is 0.123. The van der Waals surface area contributed by atoms with Crippen molar-refractivity contribution in [1.29, 1.82) is 0 Å². The van der Waals surface area contributed by atoms with Crippen molar-refractivity contribution in [3.63, 3.8) is 0 Å². The normalized spacial score (nSPS) is 11.7. The number of thiazole rings is 1. The SMILES string of the molecule is CN(c1nccs1)C(C)(C)CBr. The first-order valence-electron chi connectivity index (χ1n) is 3.77. The van der Waals surface area contributed by atoms with Gasteiger partial charge in [0, 0.05) is 29.5 Å². The molecule has 0 radical (unpaired) electrons. The summed E-state index contributed by atoms with van der Waals surface area (Å²) in [6.45, 7) is 4.37. The Morgan fingerprint density at radius 2 is 2.33 bits per heavy atom. The molecule has 2 nitrogen and oxygen atoms in total. The average Bonchev–Trinajstić information content (AvgIpc) is 2.55. The molecule has 68 valence electrons. The molecule has 0 N–H and O–H groups in total.